The van der Waals surface area contributed by atoms with Crippen LogP contribution in [-0.2, 0) is 4.79 Å². The molecule has 2 atom stereocenters. The molecule has 3 N–H and O–H groups in total. The van der Waals surface area contributed by atoms with Gasteiger partial charge in [0.15, 0.2) is 0 Å². The molecular weight excluding hydrogens is 283 g/mol. The van der Waals surface area contributed by atoms with Gasteiger partial charge >= 0.3 is 88.8 Å². The molecule has 0 fully saturated rings. The Bertz CT molecular complexity index is 206. The molecule has 0 aromatic heterocycles. The van der Waals surface area contributed by atoms with Gasteiger partial charge in [-0.25, -0.2) is 0 Å². The van der Waals surface area contributed by atoms with E-state index in [0.717, 1.165) is 4.43 Å². The van der Waals surface area contributed by atoms with Gasteiger partial charge in [-0.15, -0.1) is 0 Å². The van der Waals surface area contributed by atoms with Gasteiger partial charge in [0.25, 0.3) is 0 Å². The number of alkyl halides is 2. The van der Waals surface area contributed by atoms with E-state index in [0.29, 0.717) is 5.84 Å². The van der Waals surface area contributed by atoms with Crippen LogP contribution in [0.4, 0.5) is 0 Å². The van der Waals surface area contributed by atoms with Gasteiger partial charge in [-0.2, -0.15) is 0 Å². The van der Waals surface area contributed by atoms with E-state index in [4.69, 9.17) is 10.8 Å². The summed E-state index contributed by atoms with van der Waals surface area (Å²) in [6, 6.07) is 0. The fraction of sp³-hybridized carbons (Fsp3) is 0.750. The van der Waals surface area contributed by atoms with E-state index in [-0.39, 0.29) is 27.1 Å². The summed E-state index contributed by atoms with van der Waals surface area (Å²) in [4.78, 5) is 16.7. The van der Waals surface area contributed by atoms with Gasteiger partial charge in [0.1, 0.15) is 0 Å². The molecule has 0 aliphatic rings. The second-order valence-electron chi connectivity index (χ2n) is 2.80. The molecule has 0 aliphatic heterocycles. The van der Waals surface area contributed by atoms with Crippen LogP contribution in [0.2, 0.25) is 0 Å². The van der Waals surface area contributed by atoms with Gasteiger partial charge in [0, 0.05) is 0 Å². The Morgan fingerprint density at radius 1 is 1.69 bits per heavy atom. The second-order valence-corrected chi connectivity index (χ2v) is 5.21. The molecular formula is C8H16IN2O2-. The normalized spacial score (nSPS) is 17.0. The number of halogens is 1. The Morgan fingerprint density at radius 2 is 2.23 bits per heavy atom. The average Bonchev–Trinajstić information content (AvgIpc) is 2.11. The Labute approximate surface area is 88.9 Å². The third kappa shape index (κ3) is 3.93. The minimum atomic E-state index is -0.797. The SMILES string of the molecule is CN=C(N)C(C[I-]C)[C@@H](C)C(=O)O. The van der Waals surface area contributed by atoms with Crippen LogP contribution in [0.15, 0.2) is 4.99 Å². The third-order valence-corrected chi connectivity index (χ3v) is 3.78. The van der Waals surface area contributed by atoms with Gasteiger partial charge in [0.2, 0.25) is 0 Å². The van der Waals surface area contributed by atoms with Crippen molar-refractivity contribution >= 4 is 11.8 Å². The summed E-state index contributed by atoms with van der Waals surface area (Å²) in [6.07, 6.45) is 0. The zero-order valence-corrected chi connectivity index (χ0v) is 10.3. The van der Waals surface area contributed by atoms with Crippen molar-refractivity contribution in [2.75, 3.05) is 16.4 Å². The van der Waals surface area contributed by atoms with E-state index in [1.807, 2.05) is 0 Å². The van der Waals surface area contributed by atoms with Crippen LogP contribution in [0.25, 0.3) is 0 Å². The Balaban J connectivity index is 4.50. The number of aliphatic carboxylic acids is 1. The molecule has 0 heterocycles. The first-order valence-electron chi connectivity index (χ1n) is 3.93. The van der Waals surface area contributed by atoms with Crippen molar-refractivity contribution in [3.05, 3.63) is 0 Å². The monoisotopic (exact) mass is 299 g/mol. The number of nitrogens with zero attached hydrogens (tertiary/aromatic N) is 1. The number of aliphatic imine (C=N–C) groups is 1. The zero-order chi connectivity index (χ0) is 10.4. The number of amidine groups is 1. The number of carboxylic acid groups (broad SMARTS) is 1. The number of carboxylic acids is 1. The van der Waals surface area contributed by atoms with Crippen LogP contribution in [0.5, 0.6) is 0 Å². The summed E-state index contributed by atoms with van der Waals surface area (Å²) in [7, 11) is 1.60. The number of hydrogen-bond donors (Lipinski definition) is 2. The van der Waals surface area contributed by atoms with Crippen LogP contribution in [-0.4, -0.2) is 33.3 Å². The molecule has 0 aromatic rings. The third-order valence-electron chi connectivity index (χ3n) is 1.95. The van der Waals surface area contributed by atoms with E-state index in [2.05, 4.69) is 9.92 Å². The molecule has 1 unspecified atom stereocenters. The molecule has 13 heavy (non-hydrogen) atoms. The summed E-state index contributed by atoms with van der Waals surface area (Å²) < 4.78 is 0.884. The summed E-state index contributed by atoms with van der Waals surface area (Å²) in [5.41, 5.74) is 5.65. The summed E-state index contributed by atoms with van der Waals surface area (Å²) in [5, 5.41) is 8.83. The molecule has 5 heteroatoms. The quantitative estimate of drug-likeness (QED) is 0.246. The minimum absolute atomic E-state index is 0.0442. The Kier molecular flexibility index (Phi) is 6.02. The first kappa shape index (κ1) is 12.7. The van der Waals surface area contributed by atoms with Crippen molar-refractivity contribution in [2.24, 2.45) is 22.6 Å². The number of carbonyl (C=O) groups is 1. The van der Waals surface area contributed by atoms with Gasteiger partial charge in [-0.3, -0.25) is 0 Å². The number of nitrogens with two attached hydrogens (primary N) is 1. The van der Waals surface area contributed by atoms with Crippen molar-refractivity contribution in [2.45, 2.75) is 6.92 Å². The van der Waals surface area contributed by atoms with Crippen LogP contribution < -0.4 is 26.9 Å². The molecule has 4 nitrogen and oxygen atoms in total. The Hall–Kier alpha value is -0.330. The van der Waals surface area contributed by atoms with E-state index < -0.39 is 11.9 Å². The molecule has 0 amide bonds. The van der Waals surface area contributed by atoms with E-state index in [9.17, 15) is 4.79 Å². The first-order chi connectivity index (χ1) is 6.04. The molecule has 0 aliphatic carbocycles. The van der Waals surface area contributed by atoms with Gasteiger partial charge in [-0.05, 0) is 0 Å². The molecule has 0 spiro atoms. The van der Waals surface area contributed by atoms with Crippen molar-refractivity contribution in [1.82, 2.24) is 0 Å². The van der Waals surface area contributed by atoms with Gasteiger partial charge < -0.3 is 0 Å². The maximum absolute atomic E-state index is 10.7. The summed E-state index contributed by atoms with van der Waals surface area (Å²) in [6.45, 7) is 1.68. The van der Waals surface area contributed by atoms with Gasteiger partial charge in [0.05, 0.1) is 0 Å². The number of hydrogen-bond acceptors (Lipinski definition) is 2. The maximum atomic E-state index is 10.7. The van der Waals surface area contributed by atoms with Crippen LogP contribution in [0.3, 0.4) is 0 Å². The topological polar surface area (TPSA) is 75.7 Å². The predicted octanol–water partition coefficient (Wildman–Crippen LogP) is -2.97. The van der Waals surface area contributed by atoms with E-state index in [1.54, 1.807) is 14.0 Å². The van der Waals surface area contributed by atoms with Crippen molar-refractivity contribution in [3.63, 3.8) is 0 Å². The van der Waals surface area contributed by atoms with Crippen LogP contribution >= 0.6 is 0 Å². The number of rotatable bonds is 5. The van der Waals surface area contributed by atoms with Crippen molar-refractivity contribution in [3.8, 4) is 0 Å². The van der Waals surface area contributed by atoms with Crippen LogP contribution in [0.1, 0.15) is 6.92 Å². The zero-order valence-electron chi connectivity index (χ0n) is 8.12. The van der Waals surface area contributed by atoms with Crippen LogP contribution in [0, 0.1) is 11.8 Å². The van der Waals surface area contributed by atoms with E-state index >= 15 is 0 Å². The molecule has 0 rings (SSSR count). The molecule has 0 aromatic carbocycles. The molecule has 0 bridgehead atoms. The van der Waals surface area contributed by atoms with Gasteiger partial charge in [-0.1, -0.05) is 0 Å². The van der Waals surface area contributed by atoms with Crippen molar-refractivity contribution < 1.29 is 31.1 Å². The molecule has 0 radical (unpaired) electrons. The van der Waals surface area contributed by atoms with Crippen molar-refractivity contribution in [1.29, 1.82) is 0 Å². The fourth-order valence-electron chi connectivity index (χ4n) is 0.973. The van der Waals surface area contributed by atoms with E-state index in [1.165, 1.54) is 0 Å². The standard InChI is InChI=1S/C8H16IN2O2/c1-5(8(12)13)6(4-9-2)7(10)11-3/h5-6H,4H2,1-3H3,(H2,10,11)(H,12,13)/q-1/t5-,6?/m1/s1. The summed E-state index contributed by atoms with van der Waals surface area (Å²) in [5.74, 6) is -0.839. The molecule has 0 saturated carbocycles. The first-order valence-corrected chi connectivity index (χ1v) is 7.61. The average molecular weight is 299 g/mol. The Morgan fingerprint density at radius 3 is 2.54 bits per heavy atom. The molecule has 0 saturated heterocycles. The summed E-state index contributed by atoms with van der Waals surface area (Å²) >= 11 is 0.0442. The predicted molar refractivity (Wildman–Crippen MR) is 48.6 cm³/mol. The fourth-order valence-corrected chi connectivity index (χ4v) is 3.14. The second kappa shape index (κ2) is 6.17. The molecule has 78 valence electrons.